The van der Waals surface area contributed by atoms with Gasteiger partial charge in [-0.05, 0) is 37.1 Å². The first kappa shape index (κ1) is 16.7. The second kappa shape index (κ2) is 8.04. The van der Waals surface area contributed by atoms with Crippen LogP contribution in [0.5, 0.6) is 0 Å². The lowest BCUT2D eigenvalue weighted by Crippen LogP contribution is -2.38. The molecule has 0 saturated heterocycles. The van der Waals surface area contributed by atoms with Crippen molar-refractivity contribution < 1.29 is 9.59 Å². The van der Waals surface area contributed by atoms with Crippen LogP contribution in [0, 0.1) is 5.92 Å². The number of halogens is 1. The highest BCUT2D eigenvalue weighted by Crippen LogP contribution is 2.10. The minimum atomic E-state index is -0.165. The summed E-state index contributed by atoms with van der Waals surface area (Å²) in [6.45, 7) is 6.43. The maximum Gasteiger partial charge on any atom is 0.251 e. The predicted octanol–water partition coefficient (Wildman–Crippen LogP) is 2.73. The third-order valence-corrected chi connectivity index (χ3v) is 3.66. The molecule has 0 spiro atoms. The lowest BCUT2D eigenvalue weighted by molar-refractivity contribution is -0.121. The van der Waals surface area contributed by atoms with Gasteiger partial charge in [-0.1, -0.05) is 29.8 Å². The molecule has 1 unspecified atom stereocenters. The summed E-state index contributed by atoms with van der Waals surface area (Å²) < 4.78 is 0.927. The van der Waals surface area contributed by atoms with Gasteiger partial charge in [-0.3, -0.25) is 9.59 Å². The molecule has 0 bridgehead atoms. The average Bonchev–Trinajstić information content (AvgIpc) is 2.39. The fourth-order valence-corrected chi connectivity index (χ4v) is 1.75. The van der Waals surface area contributed by atoms with Crippen molar-refractivity contribution in [2.45, 2.75) is 33.2 Å². The Hall–Kier alpha value is -1.36. The molecule has 0 heterocycles. The minimum Gasteiger partial charge on any atom is -0.353 e. The largest absolute Gasteiger partial charge is 0.353 e. The van der Waals surface area contributed by atoms with Crippen LogP contribution in [0.4, 0.5) is 0 Å². The first-order chi connectivity index (χ1) is 9.40. The molecule has 1 rings (SSSR count). The van der Waals surface area contributed by atoms with Crippen molar-refractivity contribution in [3.63, 3.8) is 0 Å². The molecule has 4 nitrogen and oxygen atoms in total. The standard InChI is InChI=1S/C15H21BrN2O2/c1-10(2)11(3)18-14(19)8-9-17-15(20)12-4-6-13(16)7-5-12/h4-7,10-11H,8-9H2,1-3H3,(H,17,20)(H,18,19). The molecule has 20 heavy (non-hydrogen) atoms. The molecular formula is C15H21BrN2O2. The Kier molecular flexibility index (Phi) is 6.71. The van der Waals surface area contributed by atoms with Gasteiger partial charge in [0.1, 0.15) is 0 Å². The van der Waals surface area contributed by atoms with Gasteiger partial charge in [0.15, 0.2) is 0 Å². The summed E-state index contributed by atoms with van der Waals surface area (Å²) in [4.78, 5) is 23.5. The number of amides is 2. The molecule has 0 aromatic heterocycles. The number of benzene rings is 1. The summed E-state index contributed by atoms with van der Waals surface area (Å²) in [5.41, 5.74) is 0.587. The Morgan fingerprint density at radius 2 is 1.75 bits per heavy atom. The molecule has 0 saturated carbocycles. The van der Waals surface area contributed by atoms with E-state index in [1.165, 1.54) is 0 Å². The van der Waals surface area contributed by atoms with Crippen molar-refractivity contribution in [1.82, 2.24) is 10.6 Å². The topological polar surface area (TPSA) is 58.2 Å². The molecule has 0 aliphatic rings. The quantitative estimate of drug-likeness (QED) is 0.836. The van der Waals surface area contributed by atoms with Gasteiger partial charge in [-0.15, -0.1) is 0 Å². The fourth-order valence-electron chi connectivity index (χ4n) is 1.49. The number of hydrogen-bond donors (Lipinski definition) is 2. The van der Waals surface area contributed by atoms with E-state index in [-0.39, 0.29) is 17.9 Å². The van der Waals surface area contributed by atoms with Crippen LogP contribution >= 0.6 is 15.9 Å². The molecule has 0 fully saturated rings. The van der Waals surface area contributed by atoms with Crippen LogP contribution in [0.15, 0.2) is 28.7 Å². The molecule has 0 aliphatic heterocycles. The Morgan fingerprint density at radius 1 is 1.15 bits per heavy atom. The summed E-state index contributed by atoms with van der Waals surface area (Å²) in [6, 6.07) is 7.24. The molecule has 0 aliphatic carbocycles. The highest BCUT2D eigenvalue weighted by Gasteiger charge is 2.11. The predicted molar refractivity (Wildman–Crippen MR) is 83.5 cm³/mol. The van der Waals surface area contributed by atoms with E-state index in [1.807, 2.05) is 19.1 Å². The van der Waals surface area contributed by atoms with E-state index in [0.29, 0.717) is 24.4 Å². The number of hydrogen-bond acceptors (Lipinski definition) is 2. The first-order valence-electron chi connectivity index (χ1n) is 6.73. The third kappa shape index (κ3) is 5.74. The van der Waals surface area contributed by atoms with Gasteiger partial charge >= 0.3 is 0 Å². The van der Waals surface area contributed by atoms with E-state index in [4.69, 9.17) is 0 Å². The first-order valence-corrected chi connectivity index (χ1v) is 7.52. The van der Waals surface area contributed by atoms with Gasteiger partial charge in [-0.25, -0.2) is 0 Å². The van der Waals surface area contributed by atoms with Crippen molar-refractivity contribution in [1.29, 1.82) is 0 Å². The van der Waals surface area contributed by atoms with Gasteiger partial charge in [0, 0.05) is 29.0 Å². The molecule has 5 heteroatoms. The average molecular weight is 341 g/mol. The van der Waals surface area contributed by atoms with Crippen molar-refractivity contribution in [2.24, 2.45) is 5.92 Å². The van der Waals surface area contributed by atoms with Crippen LogP contribution < -0.4 is 10.6 Å². The SMILES string of the molecule is CC(C)C(C)NC(=O)CCNC(=O)c1ccc(Br)cc1. The van der Waals surface area contributed by atoms with Crippen molar-refractivity contribution >= 4 is 27.7 Å². The second-order valence-corrected chi connectivity index (χ2v) is 6.03. The molecule has 0 radical (unpaired) electrons. The molecule has 1 aromatic rings. The molecule has 2 amide bonds. The highest BCUT2D eigenvalue weighted by molar-refractivity contribution is 9.10. The van der Waals surface area contributed by atoms with Crippen LogP contribution in [0.1, 0.15) is 37.6 Å². The Bertz CT molecular complexity index is 457. The number of nitrogens with one attached hydrogen (secondary N) is 2. The van der Waals surface area contributed by atoms with Crippen LogP contribution in [0.3, 0.4) is 0 Å². The molecule has 1 atom stereocenters. The maximum absolute atomic E-state index is 11.8. The minimum absolute atomic E-state index is 0.0395. The summed E-state index contributed by atoms with van der Waals surface area (Å²) in [5.74, 6) is 0.195. The van der Waals surface area contributed by atoms with Gasteiger partial charge < -0.3 is 10.6 Å². The van der Waals surface area contributed by atoms with Gasteiger partial charge in [-0.2, -0.15) is 0 Å². The van der Waals surface area contributed by atoms with E-state index in [2.05, 4.69) is 40.4 Å². The summed E-state index contributed by atoms with van der Waals surface area (Å²) in [5, 5.41) is 5.64. The molecule has 2 N–H and O–H groups in total. The van der Waals surface area contributed by atoms with Crippen LogP contribution in [-0.2, 0) is 4.79 Å². The number of carbonyl (C=O) groups excluding carboxylic acids is 2. The Morgan fingerprint density at radius 3 is 2.30 bits per heavy atom. The zero-order chi connectivity index (χ0) is 15.1. The van der Waals surface area contributed by atoms with E-state index in [1.54, 1.807) is 12.1 Å². The molecule has 110 valence electrons. The summed E-state index contributed by atoms with van der Waals surface area (Å²) in [6.07, 6.45) is 0.291. The highest BCUT2D eigenvalue weighted by atomic mass is 79.9. The lowest BCUT2D eigenvalue weighted by atomic mass is 10.1. The third-order valence-electron chi connectivity index (χ3n) is 3.13. The fraction of sp³-hybridized carbons (Fsp3) is 0.467. The number of rotatable bonds is 6. The summed E-state index contributed by atoms with van der Waals surface area (Å²) >= 11 is 3.32. The van der Waals surface area contributed by atoms with Crippen molar-refractivity contribution in [3.8, 4) is 0 Å². The zero-order valence-corrected chi connectivity index (χ0v) is 13.7. The van der Waals surface area contributed by atoms with E-state index >= 15 is 0 Å². The van der Waals surface area contributed by atoms with Gasteiger partial charge in [0.25, 0.3) is 5.91 Å². The summed E-state index contributed by atoms with van der Waals surface area (Å²) in [7, 11) is 0. The van der Waals surface area contributed by atoms with Crippen LogP contribution in [0.25, 0.3) is 0 Å². The second-order valence-electron chi connectivity index (χ2n) is 5.11. The smallest absolute Gasteiger partial charge is 0.251 e. The zero-order valence-electron chi connectivity index (χ0n) is 12.1. The van der Waals surface area contributed by atoms with Crippen LogP contribution in [0.2, 0.25) is 0 Å². The van der Waals surface area contributed by atoms with E-state index < -0.39 is 0 Å². The molecule has 1 aromatic carbocycles. The van der Waals surface area contributed by atoms with Crippen molar-refractivity contribution in [3.05, 3.63) is 34.3 Å². The maximum atomic E-state index is 11.8. The van der Waals surface area contributed by atoms with Gasteiger partial charge in [0.2, 0.25) is 5.91 Å². The van der Waals surface area contributed by atoms with E-state index in [0.717, 1.165) is 4.47 Å². The van der Waals surface area contributed by atoms with Gasteiger partial charge in [0.05, 0.1) is 0 Å². The Balaban J connectivity index is 2.32. The molecular weight excluding hydrogens is 320 g/mol. The lowest BCUT2D eigenvalue weighted by Gasteiger charge is -2.17. The van der Waals surface area contributed by atoms with Crippen LogP contribution in [-0.4, -0.2) is 24.4 Å². The van der Waals surface area contributed by atoms with Crippen molar-refractivity contribution in [2.75, 3.05) is 6.54 Å². The number of carbonyl (C=O) groups is 2. The monoisotopic (exact) mass is 340 g/mol. The van der Waals surface area contributed by atoms with E-state index in [9.17, 15) is 9.59 Å². The normalized spacial score (nSPS) is 12.1. The Labute approximate surface area is 128 Å².